The number of rotatable bonds is 0. The average Bonchev–Trinajstić information content (AvgIpc) is 1.25. The van der Waals surface area contributed by atoms with Gasteiger partial charge < -0.3 is 19.2 Å². The molecular weight excluding hydrogens is 176 g/mol. The van der Waals surface area contributed by atoms with E-state index < -0.39 is 18.3 Å². The molecule has 0 aliphatic carbocycles. The van der Waals surface area contributed by atoms with Crippen LogP contribution in [0.4, 0.5) is 0 Å². The molecule has 9 heavy (non-hydrogen) atoms. The van der Waals surface area contributed by atoms with Crippen LogP contribution in [0.5, 0.6) is 0 Å². The summed E-state index contributed by atoms with van der Waals surface area (Å²) in [4.78, 5) is 28.6. The van der Waals surface area contributed by atoms with Gasteiger partial charge in [-0.05, 0) is 0 Å². The van der Waals surface area contributed by atoms with Crippen LogP contribution < -0.4 is 0 Å². The molecule has 0 aromatic rings. The Hall–Kier alpha value is 0.000000000000000222. The second-order valence-corrected chi connectivity index (χ2v) is 1.70. The van der Waals surface area contributed by atoms with E-state index in [2.05, 4.69) is 0 Å². The van der Waals surface area contributed by atoms with Gasteiger partial charge in [-0.15, -0.1) is 0 Å². The van der Waals surface area contributed by atoms with E-state index in [1.165, 1.54) is 0 Å². The minimum atomic E-state index is -3.13. The maximum atomic E-state index is 8.74. The first-order chi connectivity index (χ1) is 3.46. The quantitative estimate of drug-likeness (QED) is 0.283. The van der Waals surface area contributed by atoms with Gasteiger partial charge in [-0.2, -0.15) is 0 Å². The van der Waals surface area contributed by atoms with Gasteiger partial charge in [0, 0.05) is 0 Å². The fourth-order valence-corrected chi connectivity index (χ4v) is 0. The summed E-state index contributed by atoms with van der Waals surface area (Å²) in [5.74, 6) is 0. The molecule has 0 aromatic heterocycles. The van der Waals surface area contributed by atoms with Crippen LogP contribution in [0, 0.1) is 0 Å². The minimum Gasteiger partial charge on any atom is -0.511 e. The standard InChI is InChI=1S/Mg.2H2O3Si.2H/c;2*1-4(2)3;;/h;2*1-2H;;. The van der Waals surface area contributed by atoms with Crippen molar-refractivity contribution in [1.82, 2.24) is 0 Å². The van der Waals surface area contributed by atoms with Crippen LogP contribution in [0.1, 0.15) is 0 Å². The Labute approximate surface area is 69.7 Å². The smallest absolute Gasteiger partial charge is 0.511 e. The summed E-state index contributed by atoms with van der Waals surface area (Å²) in [6.07, 6.45) is 0. The Morgan fingerprint density at radius 2 is 0.778 bits per heavy atom. The monoisotopic (exact) mass is 182 g/mol. The summed E-state index contributed by atoms with van der Waals surface area (Å²) in [6.45, 7) is 0. The van der Waals surface area contributed by atoms with Crippen molar-refractivity contribution in [2.45, 2.75) is 0 Å². The van der Waals surface area contributed by atoms with E-state index >= 15 is 0 Å². The molecule has 0 aliphatic rings. The molecule has 6 nitrogen and oxygen atoms in total. The molecule has 0 amide bonds. The van der Waals surface area contributed by atoms with Crippen LogP contribution in [0.2, 0.25) is 0 Å². The van der Waals surface area contributed by atoms with Crippen molar-refractivity contribution in [3.8, 4) is 0 Å². The second-order valence-electron chi connectivity index (χ2n) is 0.565. The van der Waals surface area contributed by atoms with E-state index in [0.29, 0.717) is 0 Å². The lowest BCUT2D eigenvalue weighted by atomic mass is 15.8. The molecule has 0 rings (SSSR count). The lowest BCUT2D eigenvalue weighted by Crippen LogP contribution is -1.90. The van der Waals surface area contributed by atoms with Gasteiger partial charge >= 0.3 is 41.4 Å². The molecular formula is H6MgO6Si2. The Morgan fingerprint density at radius 1 is 0.778 bits per heavy atom. The zero-order valence-electron chi connectivity index (χ0n) is 3.61. The molecule has 0 spiro atoms. The summed E-state index contributed by atoms with van der Waals surface area (Å²) in [6, 6.07) is 0. The van der Waals surface area contributed by atoms with Gasteiger partial charge in [0.15, 0.2) is 0 Å². The topological polar surface area (TPSA) is 115 Å². The first kappa shape index (κ1) is 16.0. The van der Waals surface area contributed by atoms with Crippen LogP contribution in [0.25, 0.3) is 0 Å². The first-order valence-corrected chi connectivity index (χ1v) is 3.91. The molecule has 9 heteroatoms. The van der Waals surface area contributed by atoms with Crippen LogP contribution in [-0.2, 0) is 8.92 Å². The molecule has 0 saturated carbocycles. The van der Waals surface area contributed by atoms with Crippen molar-refractivity contribution in [2.75, 3.05) is 0 Å². The van der Waals surface area contributed by atoms with Crippen molar-refractivity contribution in [2.24, 2.45) is 0 Å². The van der Waals surface area contributed by atoms with Crippen LogP contribution in [0.3, 0.4) is 0 Å². The third-order valence-corrected chi connectivity index (χ3v) is 0. The van der Waals surface area contributed by atoms with Crippen molar-refractivity contribution in [3.05, 3.63) is 0 Å². The van der Waals surface area contributed by atoms with Crippen LogP contribution in [0.15, 0.2) is 0 Å². The maximum absolute atomic E-state index is 8.74. The predicted octanol–water partition coefficient (Wildman–Crippen LogP) is -4.14. The molecule has 0 fully saturated rings. The molecule has 0 bridgehead atoms. The van der Waals surface area contributed by atoms with Gasteiger partial charge in [-0.3, -0.25) is 8.92 Å². The molecule has 4 N–H and O–H groups in total. The highest BCUT2D eigenvalue weighted by Crippen LogP contribution is 1.27. The van der Waals surface area contributed by atoms with Gasteiger partial charge in [-0.25, -0.2) is 0 Å². The van der Waals surface area contributed by atoms with Crippen LogP contribution in [-0.4, -0.2) is 60.6 Å². The van der Waals surface area contributed by atoms with Gasteiger partial charge in [0.1, 0.15) is 0 Å². The highest BCUT2D eigenvalue weighted by atomic mass is 28.3. The molecule has 0 aromatic carbocycles. The van der Waals surface area contributed by atoms with E-state index in [1.54, 1.807) is 0 Å². The van der Waals surface area contributed by atoms with Crippen LogP contribution >= 0.6 is 0 Å². The highest BCUT2D eigenvalue weighted by Gasteiger charge is 1.85. The SMILES string of the molecule is O=[Si](O)O.O=[Si](O)O.[MgH2]. The fourth-order valence-electron chi connectivity index (χ4n) is 0. The third-order valence-electron chi connectivity index (χ3n) is 0. The second kappa shape index (κ2) is 10.9. The maximum Gasteiger partial charge on any atom is 0.761 e. The van der Waals surface area contributed by atoms with Gasteiger partial charge in [-0.1, -0.05) is 0 Å². The van der Waals surface area contributed by atoms with Gasteiger partial charge in [0.05, 0.1) is 0 Å². The van der Waals surface area contributed by atoms with Crippen molar-refractivity contribution < 1.29 is 28.1 Å². The Bertz CT molecular complexity index is 69.1. The molecule has 0 unspecified atom stereocenters. The lowest BCUT2D eigenvalue weighted by Gasteiger charge is -1.55. The van der Waals surface area contributed by atoms with E-state index in [-0.39, 0.29) is 23.1 Å². The normalized spacial score (nSPS) is 5.33. The van der Waals surface area contributed by atoms with E-state index in [1.807, 2.05) is 0 Å². The minimum absolute atomic E-state index is 0. The summed E-state index contributed by atoms with van der Waals surface area (Å²) < 4.78 is 17.5. The highest BCUT2D eigenvalue weighted by molar-refractivity contribution is 6.22. The summed E-state index contributed by atoms with van der Waals surface area (Å²) in [5.41, 5.74) is 0. The zero-order valence-corrected chi connectivity index (χ0v) is 5.61. The average molecular weight is 183 g/mol. The van der Waals surface area contributed by atoms with Crippen molar-refractivity contribution in [1.29, 1.82) is 0 Å². The van der Waals surface area contributed by atoms with Crippen molar-refractivity contribution >= 4 is 41.4 Å². The van der Waals surface area contributed by atoms with Gasteiger partial charge in [0.25, 0.3) is 0 Å². The largest absolute Gasteiger partial charge is 0.761 e. The third kappa shape index (κ3) is 5840000000000000327795391544164352. The lowest BCUT2D eigenvalue weighted by molar-refractivity contribution is 0.328. The Kier molecular flexibility index (Phi) is 19.4. The molecule has 0 aliphatic heterocycles. The predicted molar refractivity (Wildman–Crippen MR) is 30.3 cm³/mol. The Morgan fingerprint density at radius 3 is 0.778 bits per heavy atom. The molecule has 0 saturated heterocycles. The summed E-state index contributed by atoms with van der Waals surface area (Å²) in [5, 5.41) is 0. The Balaban J connectivity index is -0.0000000720. The summed E-state index contributed by atoms with van der Waals surface area (Å²) >= 11 is 0. The number of hydrogen-bond acceptors (Lipinski definition) is 2. The molecule has 0 radical (unpaired) electrons. The van der Waals surface area contributed by atoms with Gasteiger partial charge in [0.2, 0.25) is 0 Å². The van der Waals surface area contributed by atoms with E-state index in [4.69, 9.17) is 28.1 Å². The zero-order chi connectivity index (χ0) is 7.15. The molecule has 0 heterocycles. The summed E-state index contributed by atoms with van der Waals surface area (Å²) in [7, 11) is -6.26. The first-order valence-electron chi connectivity index (χ1n) is 1.30. The fraction of sp³-hybridized carbons (Fsp3) is 0. The van der Waals surface area contributed by atoms with Crippen molar-refractivity contribution in [3.63, 3.8) is 0 Å². The molecule has 0 atom stereocenters. The van der Waals surface area contributed by atoms with E-state index in [9.17, 15) is 0 Å². The number of hydrogen-bond donors (Lipinski definition) is 4. The molecule has 52 valence electrons. The van der Waals surface area contributed by atoms with E-state index in [0.717, 1.165) is 0 Å².